The zero-order chi connectivity index (χ0) is 49.6. The van der Waals surface area contributed by atoms with Gasteiger partial charge in [0.1, 0.15) is 13.2 Å². The Morgan fingerprint density at radius 1 is 0.279 bits per heavy atom. The summed E-state index contributed by atoms with van der Waals surface area (Å²) in [6.07, 6.45) is 59.6. The summed E-state index contributed by atoms with van der Waals surface area (Å²) in [7, 11) is 0. The summed E-state index contributed by atoms with van der Waals surface area (Å²) in [5, 5.41) is 0. The van der Waals surface area contributed by atoms with Gasteiger partial charge in [0.2, 0.25) is 0 Å². The van der Waals surface area contributed by atoms with Crippen LogP contribution in [0.15, 0.2) is 0 Å². The molecule has 6 nitrogen and oxygen atoms in total. The van der Waals surface area contributed by atoms with Crippen molar-refractivity contribution < 1.29 is 28.6 Å². The number of rotatable bonds is 56. The summed E-state index contributed by atoms with van der Waals surface area (Å²) in [5.74, 6) is 0.840. The number of carbonyl (C=O) groups is 3. The molecule has 0 rings (SSSR count). The normalized spacial score (nSPS) is 12.0. The average molecular weight is 962 g/mol. The fourth-order valence-electron chi connectivity index (χ4n) is 9.58. The monoisotopic (exact) mass is 961 g/mol. The van der Waals surface area contributed by atoms with Gasteiger partial charge in [0.05, 0.1) is 0 Å². The molecule has 0 N–H and O–H groups in total. The number of hydrogen-bond acceptors (Lipinski definition) is 6. The molecule has 0 fully saturated rings. The summed E-state index contributed by atoms with van der Waals surface area (Å²) in [5.41, 5.74) is 0. The van der Waals surface area contributed by atoms with Crippen LogP contribution < -0.4 is 0 Å². The van der Waals surface area contributed by atoms with Crippen molar-refractivity contribution in [2.75, 3.05) is 13.2 Å². The summed E-state index contributed by atoms with van der Waals surface area (Å²) in [6.45, 7) is 11.4. The quantitative estimate of drug-likeness (QED) is 0.0343. The molecular weight excluding hydrogens is 841 g/mol. The highest BCUT2D eigenvalue weighted by atomic mass is 16.6. The molecule has 0 saturated carbocycles. The topological polar surface area (TPSA) is 78.9 Å². The van der Waals surface area contributed by atoms with Crippen LogP contribution in [0.25, 0.3) is 0 Å². The van der Waals surface area contributed by atoms with E-state index in [0.29, 0.717) is 19.3 Å². The summed E-state index contributed by atoms with van der Waals surface area (Å²) < 4.78 is 16.9. The molecule has 0 heterocycles. The number of unbranched alkanes of at least 4 members (excludes halogenated alkanes) is 41. The van der Waals surface area contributed by atoms with Gasteiger partial charge < -0.3 is 14.2 Å². The maximum Gasteiger partial charge on any atom is 0.306 e. The van der Waals surface area contributed by atoms with Crippen LogP contribution in [0.1, 0.15) is 349 Å². The Balaban J connectivity index is 4.24. The lowest BCUT2D eigenvalue weighted by molar-refractivity contribution is -0.167. The van der Waals surface area contributed by atoms with Crippen LogP contribution in [0.3, 0.4) is 0 Å². The second-order valence-electron chi connectivity index (χ2n) is 22.3. The number of hydrogen-bond donors (Lipinski definition) is 0. The second kappa shape index (κ2) is 54.7. The van der Waals surface area contributed by atoms with Gasteiger partial charge in [-0.2, -0.15) is 0 Å². The SMILES string of the molecule is CCCCCCCCCCCCCCCCCCC(=O)OC[C@@H](COC(=O)CCCCCCCCCCCCCCCCCCCCC(C)C)OC(=O)CCCCCCCCCCCCC(C)C. The fourth-order valence-corrected chi connectivity index (χ4v) is 9.58. The van der Waals surface area contributed by atoms with Gasteiger partial charge in [-0.05, 0) is 31.1 Å². The Hall–Kier alpha value is -1.59. The van der Waals surface area contributed by atoms with Crippen molar-refractivity contribution >= 4 is 17.9 Å². The molecule has 0 amide bonds. The van der Waals surface area contributed by atoms with Crippen molar-refractivity contribution in [3.05, 3.63) is 0 Å². The summed E-state index contributed by atoms with van der Waals surface area (Å²) >= 11 is 0. The molecule has 0 unspecified atom stereocenters. The lowest BCUT2D eigenvalue weighted by Crippen LogP contribution is -2.30. The van der Waals surface area contributed by atoms with Crippen molar-refractivity contribution in [3.8, 4) is 0 Å². The van der Waals surface area contributed by atoms with Crippen LogP contribution in [0.5, 0.6) is 0 Å². The van der Waals surface area contributed by atoms with Crippen LogP contribution in [0.4, 0.5) is 0 Å². The number of ether oxygens (including phenoxy) is 3. The first-order valence-electron chi connectivity index (χ1n) is 30.7. The second-order valence-corrected chi connectivity index (χ2v) is 22.3. The molecule has 0 aromatic heterocycles. The van der Waals surface area contributed by atoms with E-state index in [-0.39, 0.29) is 31.1 Å². The van der Waals surface area contributed by atoms with E-state index in [2.05, 4.69) is 34.6 Å². The van der Waals surface area contributed by atoms with Crippen molar-refractivity contribution in [2.45, 2.75) is 355 Å². The van der Waals surface area contributed by atoms with E-state index in [0.717, 1.165) is 69.6 Å². The van der Waals surface area contributed by atoms with E-state index in [9.17, 15) is 14.4 Å². The van der Waals surface area contributed by atoms with E-state index in [4.69, 9.17) is 14.2 Å². The van der Waals surface area contributed by atoms with E-state index >= 15 is 0 Å². The highest BCUT2D eigenvalue weighted by molar-refractivity contribution is 5.71. The third-order valence-electron chi connectivity index (χ3n) is 14.2. The summed E-state index contributed by atoms with van der Waals surface area (Å²) in [4.78, 5) is 38.2. The molecular formula is C62H120O6. The van der Waals surface area contributed by atoms with Gasteiger partial charge in [0.15, 0.2) is 6.10 Å². The minimum Gasteiger partial charge on any atom is -0.462 e. The molecule has 6 heteroatoms. The first kappa shape index (κ1) is 66.4. The van der Waals surface area contributed by atoms with Crippen LogP contribution in [0.2, 0.25) is 0 Å². The van der Waals surface area contributed by atoms with Gasteiger partial charge in [-0.25, -0.2) is 0 Å². The Morgan fingerprint density at radius 2 is 0.485 bits per heavy atom. The number of esters is 3. The molecule has 0 aliphatic rings. The lowest BCUT2D eigenvalue weighted by atomic mass is 10.0. The van der Waals surface area contributed by atoms with Crippen LogP contribution in [-0.4, -0.2) is 37.2 Å². The third-order valence-corrected chi connectivity index (χ3v) is 14.2. The molecule has 0 aliphatic carbocycles. The predicted octanol–water partition coefficient (Wildman–Crippen LogP) is 20.4. The van der Waals surface area contributed by atoms with E-state index in [1.165, 1.54) is 238 Å². The lowest BCUT2D eigenvalue weighted by Gasteiger charge is -2.18. The minimum atomic E-state index is -0.763. The van der Waals surface area contributed by atoms with Crippen LogP contribution in [-0.2, 0) is 28.6 Å². The number of carbonyl (C=O) groups excluding carboxylic acids is 3. The molecule has 0 aliphatic heterocycles. The van der Waals surface area contributed by atoms with E-state index < -0.39 is 6.10 Å². The smallest absolute Gasteiger partial charge is 0.306 e. The molecule has 0 aromatic rings. The fraction of sp³-hybridized carbons (Fsp3) is 0.952. The molecule has 404 valence electrons. The average Bonchev–Trinajstić information content (AvgIpc) is 3.31. The minimum absolute atomic E-state index is 0.0625. The molecule has 1 atom stereocenters. The Kier molecular flexibility index (Phi) is 53.5. The Bertz CT molecular complexity index is 1040. The van der Waals surface area contributed by atoms with E-state index in [1.807, 2.05) is 0 Å². The molecule has 0 radical (unpaired) electrons. The first-order chi connectivity index (χ1) is 33.2. The van der Waals surface area contributed by atoms with Gasteiger partial charge >= 0.3 is 17.9 Å². The van der Waals surface area contributed by atoms with Crippen molar-refractivity contribution in [2.24, 2.45) is 11.8 Å². The van der Waals surface area contributed by atoms with Crippen LogP contribution >= 0.6 is 0 Å². The largest absolute Gasteiger partial charge is 0.462 e. The molecule has 0 spiro atoms. The van der Waals surface area contributed by atoms with Gasteiger partial charge in [0, 0.05) is 19.3 Å². The predicted molar refractivity (Wildman–Crippen MR) is 293 cm³/mol. The van der Waals surface area contributed by atoms with Gasteiger partial charge in [-0.3, -0.25) is 14.4 Å². The molecule has 0 saturated heterocycles. The Morgan fingerprint density at radius 3 is 0.721 bits per heavy atom. The zero-order valence-corrected chi connectivity index (χ0v) is 46.7. The highest BCUT2D eigenvalue weighted by Crippen LogP contribution is 2.19. The molecule has 0 bridgehead atoms. The first-order valence-corrected chi connectivity index (χ1v) is 30.7. The van der Waals surface area contributed by atoms with Crippen LogP contribution in [0, 0.1) is 11.8 Å². The third kappa shape index (κ3) is 55.3. The molecule has 0 aromatic carbocycles. The van der Waals surface area contributed by atoms with Crippen molar-refractivity contribution in [1.82, 2.24) is 0 Å². The van der Waals surface area contributed by atoms with Crippen molar-refractivity contribution in [1.29, 1.82) is 0 Å². The Labute approximate surface area is 425 Å². The highest BCUT2D eigenvalue weighted by Gasteiger charge is 2.19. The standard InChI is InChI=1S/C62H120O6/c1-6-7-8-9-10-11-12-13-14-20-23-26-32-37-42-47-52-60(63)66-55-59(68-62(65)54-49-44-39-34-29-28-31-36-41-46-51-58(4)5)56-67-61(64)53-48-43-38-33-27-24-21-18-16-15-17-19-22-25-30-35-40-45-50-57(2)3/h57-59H,6-56H2,1-5H3/t59-/m0/s1. The summed E-state index contributed by atoms with van der Waals surface area (Å²) in [6, 6.07) is 0. The van der Waals surface area contributed by atoms with Gasteiger partial charge in [0.25, 0.3) is 0 Å². The maximum absolute atomic E-state index is 12.9. The van der Waals surface area contributed by atoms with Crippen molar-refractivity contribution in [3.63, 3.8) is 0 Å². The molecule has 68 heavy (non-hydrogen) atoms. The van der Waals surface area contributed by atoms with E-state index in [1.54, 1.807) is 0 Å². The van der Waals surface area contributed by atoms with Gasteiger partial charge in [-0.1, -0.05) is 311 Å². The zero-order valence-electron chi connectivity index (χ0n) is 46.7. The van der Waals surface area contributed by atoms with Gasteiger partial charge in [-0.15, -0.1) is 0 Å². The maximum atomic E-state index is 12.9.